The zero-order valence-corrected chi connectivity index (χ0v) is 13.5. The third kappa shape index (κ3) is 3.05. The van der Waals surface area contributed by atoms with Gasteiger partial charge in [-0.25, -0.2) is 5.43 Å². The fourth-order valence-electron chi connectivity index (χ4n) is 2.12. The highest BCUT2D eigenvalue weighted by Crippen LogP contribution is 2.34. The van der Waals surface area contributed by atoms with Crippen molar-refractivity contribution in [2.45, 2.75) is 6.04 Å². The van der Waals surface area contributed by atoms with Gasteiger partial charge >= 0.3 is 0 Å². The van der Waals surface area contributed by atoms with Crippen LogP contribution in [0.5, 0.6) is 11.5 Å². The highest BCUT2D eigenvalue weighted by atomic mass is 127. The Morgan fingerprint density at radius 3 is 2.40 bits per heavy atom. The molecule has 0 bridgehead atoms. The molecule has 1 unspecified atom stereocenters. The van der Waals surface area contributed by atoms with Crippen molar-refractivity contribution in [3.63, 3.8) is 0 Å². The van der Waals surface area contributed by atoms with Gasteiger partial charge in [0.2, 0.25) is 0 Å². The van der Waals surface area contributed by atoms with E-state index in [2.05, 4.69) is 28.0 Å². The van der Waals surface area contributed by atoms with E-state index in [9.17, 15) is 0 Å². The number of nitrogens with two attached hydrogens (primary N) is 1. The molecule has 0 saturated heterocycles. The lowest BCUT2D eigenvalue weighted by Gasteiger charge is -2.21. The molecule has 0 fully saturated rings. The van der Waals surface area contributed by atoms with E-state index in [1.54, 1.807) is 14.2 Å². The summed E-state index contributed by atoms with van der Waals surface area (Å²) in [6, 6.07) is 13.6. The molecule has 0 aromatic heterocycles. The van der Waals surface area contributed by atoms with Crippen LogP contribution < -0.4 is 20.7 Å². The van der Waals surface area contributed by atoms with Gasteiger partial charge in [-0.15, -0.1) is 0 Å². The molecule has 2 aromatic rings. The second kappa shape index (κ2) is 6.92. The van der Waals surface area contributed by atoms with E-state index in [0.29, 0.717) is 0 Å². The molecule has 0 aliphatic heterocycles. The predicted octanol–water partition coefficient (Wildman–Crippen LogP) is 2.86. The van der Waals surface area contributed by atoms with Crippen molar-refractivity contribution in [2.24, 2.45) is 5.84 Å². The molecule has 1 atom stereocenters. The van der Waals surface area contributed by atoms with E-state index in [0.717, 1.165) is 26.2 Å². The summed E-state index contributed by atoms with van der Waals surface area (Å²) >= 11 is 2.30. The molecular formula is C15H17IN2O2. The number of ether oxygens (including phenoxy) is 2. The average Bonchev–Trinajstić information content (AvgIpc) is 2.49. The minimum atomic E-state index is -0.159. The zero-order chi connectivity index (χ0) is 14.5. The molecule has 0 saturated carbocycles. The number of hydrogen-bond acceptors (Lipinski definition) is 4. The highest BCUT2D eigenvalue weighted by Gasteiger charge is 2.19. The van der Waals surface area contributed by atoms with Crippen LogP contribution in [0.3, 0.4) is 0 Å². The van der Waals surface area contributed by atoms with Crippen LogP contribution >= 0.6 is 22.6 Å². The number of methoxy groups -OCH3 is 2. The van der Waals surface area contributed by atoms with Crippen LogP contribution in [0.2, 0.25) is 0 Å². The largest absolute Gasteiger partial charge is 0.497 e. The molecule has 0 amide bonds. The lowest BCUT2D eigenvalue weighted by Crippen LogP contribution is -2.29. The fourth-order valence-corrected chi connectivity index (χ4v) is 2.82. The quantitative estimate of drug-likeness (QED) is 0.473. The maximum absolute atomic E-state index is 5.77. The summed E-state index contributed by atoms with van der Waals surface area (Å²) in [7, 11) is 3.29. The summed E-state index contributed by atoms with van der Waals surface area (Å²) in [5, 5.41) is 0. The number of nitrogens with one attached hydrogen (secondary N) is 1. The molecule has 4 nitrogen and oxygen atoms in total. The molecule has 5 heteroatoms. The fraction of sp³-hybridized carbons (Fsp3) is 0.200. The van der Waals surface area contributed by atoms with E-state index in [-0.39, 0.29) is 6.04 Å². The Morgan fingerprint density at radius 1 is 1.05 bits per heavy atom. The monoisotopic (exact) mass is 384 g/mol. The van der Waals surface area contributed by atoms with Gasteiger partial charge < -0.3 is 9.47 Å². The third-order valence-electron chi connectivity index (χ3n) is 3.13. The molecule has 0 radical (unpaired) electrons. The van der Waals surface area contributed by atoms with Crippen molar-refractivity contribution < 1.29 is 9.47 Å². The van der Waals surface area contributed by atoms with Gasteiger partial charge in [-0.3, -0.25) is 5.84 Å². The molecule has 3 N–H and O–H groups in total. The molecule has 2 aromatic carbocycles. The lowest BCUT2D eigenvalue weighted by atomic mass is 9.98. The molecule has 0 heterocycles. The van der Waals surface area contributed by atoms with Crippen LogP contribution in [0.15, 0.2) is 42.5 Å². The van der Waals surface area contributed by atoms with Crippen LogP contribution in [0.1, 0.15) is 17.2 Å². The van der Waals surface area contributed by atoms with Crippen molar-refractivity contribution in [1.82, 2.24) is 5.43 Å². The summed E-state index contributed by atoms with van der Waals surface area (Å²) in [4.78, 5) is 0. The summed E-state index contributed by atoms with van der Waals surface area (Å²) in [6.45, 7) is 0. The van der Waals surface area contributed by atoms with Crippen molar-refractivity contribution >= 4 is 22.6 Å². The molecule has 2 rings (SSSR count). The molecule has 0 aliphatic carbocycles. The Morgan fingerprint density at radius 2 is 1.80 bits per heavy atom. The second-order valence-electron chi connectivity index (χ2n) is 4.23. The van der Waals surface area contributed by atoms with Gasteiger partial charge in [-0.05, 0) is 52.4 Å². The summed E-state index contributed by atoms with van der Waals surface area (Å²) in [5.74, 6) is 7.31. The Labute approximate surface area is 132 Å². The number of rotatable bonds is 5. The molecule has 0 aliphatic rings. The van der Waals surface area contributed by atoms with Gasteiger partial charge in [0.25, 0.3) is 0 Å². The summed E-state index contributed by atoms with van der Waals surface area (Å²) in [5.41, 5.74) is 4.90. The second-order valence-corrected chi connectivity index (χ2v) is 5.39. The average molecular weight is 384 g/mol. The van der Waals surface area contributed by atoms with Crippen molar-refractivity contribution in [1.29, 1.82) is 0 Å². The zero-order valence-electron chi connectivity index (χ0n) is 11.4. The highest BCUT2D eigenvalue weighted by molar-refractivity contribution is 14.1. The third-order valence-corrected chi connectivity index (χ3v) is 4.11. The van der Waals surface area contributed by atoms with Crippen LogP contribution in [0.25, 0.3) is 0 Å². The number of hydrazine groups is 1. The van der Waals surface area contributed by atoms with Crippen LogP contribution in [-0.2, 0) is 0 Å². The van der Waals surface area contributed by atoms with E-state index in [1.807, 2.05) is 42.5 Å². The molecular weight excluding hydrogens is 367 g/mol. The van der Waals surface area contributed by atoms with E-state index >= 15 is 0 Å². The normalized spacial score (nSPS) is 12.0. The Hall–Kier alpha value is -1.31. The van der Waals surface area contributed by atoms with Gasteiger partial charge in [-0.1, -0.05) is 18.2 Å². The topological polar surface area (TPSA) is 56.5 Å². The number of benzene rings is 2. The van der Waals surface area contributed by atoms with E-state index in [4.69, 9.17) is 15.3 Å². The first kappa shape index (κ1) is 15.1. The first-order chi connectivity index (χ1) is 9.71. The predicted molar refractivity (Wildman–Crippen MR) is 87.9 cm³/mol. The van der Waals surface area contributed by atoms with Crippen molar-refractivity contribution in [3.8, 4) is 11.5 Å². The SMILES string of the molecule is COc1ccc(OC)c(C(NN)c2ccccc2I)c1. The first-order valence-electron chi connectivity index (χ1n) is 6.13. The van der Waals surface area contributed by atoms with Gasteiger partial charge in [0.05, 0.1) is 20.3 Å². The van der Waals surface area contributed by atoms with Crippen molar-refractivity contribution in [3.05, 3.63) is 57.2 Å². The molecule has 0 spiro atoms. The lowest BCUT2D eigenvalue weighted by molar-refractivity contribution is 0.394. The van der Waals surface area contributed by atoms with Crippen molar-refractivity contribution in [2.75, 3.05) is 14.2 Å². The van der Waals surface area contributed by atoms with Crippen LogP contribution in [0, 0.1) is 3.57 Å². The Bertz CT molecular complexity index is 590. The minimum Gasteiger partial charge on any atom is -0.497 e. The number of hydrogen-bond donors (Lipinski definition) is 2. The summed E-state index contributed by atoms with van der Waals surface area (Å²) < 4.78 is 11.9. The maximum Gasteiger partial charge on any atom is 0.124 e. The maximum atomic E-state index is 5.77. The smallest absolute Gasteiger partial charge is 0.124 e. The summed E-state index contributed by atoms with van der Waals surface area (Å²) in [6.07, 6.45) is 0. The first-order valence-corrected chi connectivity index (χ1v) is 7.21. The van der Waals surface area contributed by atoms with Gasteiger partial charge in [0, 0.05) is 9.13 Å². The Kier molecular flexibility index (Phi) is 5.22. The molecule has 106 valence electrons. The van der Waals surface area contributed by atoms with E-state index in [1.165, 1.54) is 0 Å². The minimum absolute atomic E-state index is 0.159. The number of halogens is 1. The molecule has 20 heavy (non-hydrogen) atoms. The standard InChI is InChI=1S/C15H17IN2O2/c1-19-10-7-8-14(20-2)12(9-10)15(18-17)11-5-3-4-6-13(11)16/h3-9,15,18H,17H2,1-2H3. The van der Waals surface area contributed by atoms with Crippen LogP contribution in [-0.4, -0.2) is 14.2 Å². The van der Waals surface area contributed by atoms with Gasteiger partial charge in [-0.2, -0.15) is 0 Å². The van der Waals surface area contributed by atoms with Gasteiger partial charge in [0.1, 0.15) is 11.5 Å². The Balaban J connectivity index is 2.54. The van der Waals surface area contributed by atoms with Gasteiger partial charge in [0.15, 0.2) is 0 Å². The van der Waals surface area contributed by atoms with E-state index < -0.39 is 0 Å². The van der Waals surface area contributed by atoms with Crippen LogP contribution in [0.4, 0.5) is 0 Å².